The number of nitrogens with zero attached hydrogens (tertiary/aromatic N) is 1. The summed E-state index contributed by atoms with van der Waals surface area (Å²) in [5, 5.41) is -0.139. The number of carbonyl (C=O) groups excluding carboxylic acids is 1. The molecule has 5 heteroatoms. The third-order valence-electron chi connectivity index (χ3n) is 0.843. The van der Waals surface area contributed by atoms with Gasteiger partial charge >= 0.3 is 6.09 Å². The van der Waals surface area contributed by atoms with E-state index in [1.807, 2.05) is 0 Å². The summed E-state index contributed by atoms with van der Waals surface area (Å²) in [5.74, 6) is 0. The van der Waals surface area contributed by atoms with Crippen molar-refractivity contribution in [3.8, 4) is 0 Å². The summed E-state index contributed by atoms with van der Waals surface area (Å²) in [5.41, 5.74) is 4.97. The number of halogens is 1. The minimum atomic E-state index is -1.00. The van der Waals surface area contributed by atoms with Crippen molar-refractivity contribution in [1.82, 2.24) is 5.12 Å². The zero-order chi connectivity index (χ0) is 6.15. The lowest BCUT2D eigenvalue weighted by atomic mass is 10.6. The molecule has 0 aromatic heterocycles. The van der Waals surface area contributed by atoms with E-state index in [0.717, 1.165) is 0 Å². The van der Waals surface area contributed by atoms with Crippen molar-refractivity contribution in [2.45, 2.75) is 6.17 Å². The molecule has 1 saturated heterocycles. The Morgan fingerprint density at radius 2 is 2.62 bits per heavy atom. The van der Waals surface area contributed by atoms with Gasteiger partial charge in [-0.25, -0.2) is 4.79 Å². The molecule has 46 valence electrons. The van der Waals surface area contributed by atoms with E-state index >= 15 is 0 Å². The van der Waals surface area contributed by atoms with Gasteiger partial charge in [0.15, 0.2) is 0 Å². The first-order valence-electron chi connectivity index (χ1n) is 2.09. The highest BCUT2D eigenvalue weighted by Crippen LogP contribution is 2.06. The Balaban J connectivity index is 2.56. The molecule has 2 N–H and O–H groups in total. The molecular formula is C3H5FN2O2. The number of hydrogen-bond donors (Lipinski definition) is 1. The summed E-state index contributed by atoms with van der Waals surface area (Å²) in [7, 11) is 0. The summed E-state index contributed by atoms with van der Waals surface area (Å²) in [6.45, 7) is -0.0602. The van der Waals surface area contributed by atoms with Crippen LogP contribution in [0.4, 0.5) is 9.28 Å². The van der Waals surface area contributed by atoms with Gasteiger partial charge in [0.1, 0.15) is 12.8 Å². The van der Waals surface area contributed by atoms with Crippen LogP contribution in [0.5, 0.6) is 0 Å². The van der Waals surface area contributed by atoms with Crippen molar-refractivity contribution >= 4 is 6.09 Å². The Morgan fingerprint density at radius 1 is 2.00 bits per heavy atom. The number of ether oxygens (including phenoxy) is 1. The van der Waals surface area contributed by atoms with Crippen LogP contribution in [0.2, 0.25) is 0 Å². The van der Waals surface area contributed by atoms with Crippen molar-refractivity contribution in [2.24, 2.45) is 5.73 Å². The molecule has 1 aliphatic rings. The zero-order valence-electron chi connectivity index (χ0n) is 4.00. The monoisotopic (exact) mass is 120 g/mol. The molecule has 1 amide bonds. The molecule has 0 bridgehead atoms. The predicted octanol–water partition coefficient (Wildman–Crippen LogP) is -0.392. The van der Waals surface area contributed by atoms with Gasteiger partial charge in [-0.2, -0.15) is 0 Å². The van der Waals surface area contributed by atoms with Gasteiger partial charge in [-0.1, -0.05) is 4.48 Å². The fourth-order valence-electron chi connectivity index (χ4n) is 0.419. The predicted molar refractivity (Wildman–Crippen MR) is 22.3 cm³/mol. The van der Waals surface area contributed by atoms with Gasteiger partial charge in [-0.05, 0) is 0 Å². The molecule has 8 heavy (non-hydrogen) atoms. The fraction of sp³-hybridized carbons (Fsp3) is 0.667. The normalized spacial score (nSPS) is 28.5. The molecule has 0 saturated carbocycles. The smallest absolute Gasteiger partial charge is 0.439 e. The molecule has 1 fully saturated rings. The van der Waals surface area contributed by atoms with Crippen molar-refractivity contribution < 1.29 is 14.0 Å². The van der Waals surface area contributed by atoms with Crippen LogP contribution in [0.15, 0.2) is 0 Å². The molecule has 0 aromatic carbocycles. The molecule has 1 aliphatic heterocycles. The maximum Gasteiger partial charge on any atom is 0.439 e. The molecule has 0 aliphatic carbocycles. The lowest BCUT2D eigenvalue weighted by Crippen LogP contribution is -2.33. The average Bonchev–Trinajstić information content (AvgIpc) is 1.98. The van der Waals surface area contributed by atoms with E-state index in [2.05, 4.69) is 4.74 Å². The van der Waals surface area contributed by atoms with Gasteiger partial charge in [-0.15, -0.1) is 5.12 Å². The highest BCUT2D eigenvalue weighted by atomic mass is 19.2. The van der Waals surface area contributed by atoms with Crippen LogP contribution in [0.1, 0.15) is 0 Å². The molecule has 1 atom stereocenters. The van der Waals surface area contributed by atoms with Crippen LogP contribution in [0.25, 0.3) is 0 Å². The molecule has 0 aromatic rings. The Labute approximate surface area is 44.9 Å². The lowest BCUT2D eigenvalue weighted by Gasteiger charge is -2.01. The van der Waals surface area contributed by atoms with Crippen LogP contribution < -0.4 is 5.73 Å². The van der Waals surface area contributed by atoms with Crippen LogP contribution >= 0.6 is 0 Å². The number of rotatable bonds is 0. The number of amides is 1. The van der Waals surface area contributed by atoms with E-state index in [9.17, 15) is 9.28 Å². The van der Waals surface area contributed by atoms with E-state index in [0.29, 0.717) is 0 Å². The first-order chi connectivity index (χ1) is 3.72. The van der Waals surface area contributed by atoms with Gasteiger partial charge in [0.2, 0.25) is 0 Å². The Hall–Kier alpha value is -0.840. The Kier molecular flexibility index (Phi) is 1.05. The van der Waals surface area contributed by atoms with Gasteiger partial charge in [0, 0.05) is 0 Å². The third kappa shape index (κ3) is 0.604. The molecule has 4 nitrogen and oxygen atoms in total. The van der Waals surface area contributed by atoms with Crippen molar-refractivity contribution in [1.29, 1.82) is 0 Å². The summed E-state index contributed by atoms with van der Waals surface area (Å²) in [4.78, 5) is 10.0. The minimum absolute atomic E-state index is 0.0602. The maximum atomic E-state index is 11.9. The van der Waals surface area contributed by atoms with Gasteiger partial charge in [-0.3, -0.25) is 0 Å². The zero-order valence-corrected chi connectivity index (χ0v) is 4.00. The number of carbonyl (C=O) groups is 1. The summed E-state index contributed by atoms with van der Waals surface area (Å²) in [6.07, 6.45) is -1.92. The highest BCUT2D eigenvalue weighted by molar-refractivity contribution is 5.68. The second kappa shape index (κ2) is 1.59. The lowest BCUT2D eigenvalue weighted by molar-refractivity contribution is 0.0483. The van der Waals surface area contributed by atoms with Crippen molar-refractivity contribution in [3.63, 3.8) is 0 Å². The SMILES string of the molecule is NC1COC(=O)N1F. The van der Waals surface area contributed by atoms with E-state index < -0.39 is 12.3 Å². The van der Waals surface area contributed by atoms with Crippen LogP contribution in [0, 0.1) is 0 Å². The molecule has 1 rings (SSSR count). The largest absolute Gasteiger partial charge is 0.444 e. The van der Waals surface area contributed by atoms with Crippen molar-refractivity contribution in [2.75, 3.05) is 6.61 Å². The standard InChI is InChI=1S/C3H5FN2O2/c4-6-2(5)1-8-3(6)7/h2H,1,5H2. The van der Waals surface area contributed by atoms with Crippen LogP contribution in [-0.2, 0) is 4.74 Å². The molecule has 0 radical (unpaired) electrons. The summed E-state index contributed by atoms with van der Waals surface area (Å²) >= 11 is 0. The van der Waals surface area contributed by atoms with Gasteiger partial charge < -0.3 is 10.5 Å². The average molecular weight is 120 g/mol. The first kappa shape index (κ1) is 5.30. The topological polar surface area (TPSA) is 55.6 Å². The second-order valence-electron chi connectivity index (χ2n) is 1.46. The molecule has 0 spiro atoms. The Bertz CT molecular complexity index is 118. The summed E-state index contributed by atoms with van der Waals surface area (Å²) < 4.78 is 16.1. The van der Waals surface area contributed by atoms with E-state index in [-0.39, 0.29) is 11.7 Å². The van der Waals surface area contributed by atoms with E-state index in [1.54, 1.807) is 0 Å². The third-order valence-corrected chi connectivity index (χ3v) is 0.843. The van der Waals surface area contributed by atoms with Crippen LogP contribution in [-0.4, -0.2) is 24.0 Å². The number of nitrogens with two attached hydrogens (primary N) is 1. The Morgan fingerprint density at radius 3 is 2.75 bits per heavy atom. The maximum absolute atomic E-state index is 11.9. The van der Waals surface area contributed by atoms with Gasteiger partial charge in [0.05, 0.1) is 0 Å². The van der Waals surface area contributed by atoms with Gasteiger partial charge in [0.25, 0.3) is 0 Å². The molecule has 1 unspecified atom stereocenters. The highest BCUT2D eigenvalue weighted by Gasteiger charge is 2.30. The number of hydrogen-bond acceptors (Lipinski definition) is 3. The first-order valence-corrected chi connectivity index (χ1v) is 2.09. The summed E-state index contributed by atoms with van der Waals surface area (Å²) in [6, 6.07) is 0. The van der Waals surface area contributed by atoms with Crippen LogP contribution in [0.3, 0.4) is 0 Å². The second-order valence-corrected chi connectivity index (χ2v) is 1.46. The molecule has 1 heterocycles. The van der Waals surface area contributed by atoms with E-state index in [4.69, 9.17) is 5.73 Å². The van der Waals surface area contributed by atoms with Crippen molar-refractivity contribution in [3.05, 3.63) is 0 Å². The minimum Gasteiger partial charge on any atom is -0.444 e. The van der Waals surface area contributed by atoms with E-state index in [1.165, 1.54) is 0 Å². The quantitative estimate of drug-likeness (QED) is 0.443. The number of cyclic esters (lactones) is 1. The molecular weight excluding hydrogens is 115 g/mol. The fourth-order valence-corrected chi connectivity index (χ4v) is 0.419.